The minimum Gasteiger partial charge on any atom is -0.378 e. The van der Waals surface area contributed by atoms with Gasteiger partial charge in [-0.2, -0.15) is 0 Å². The fourth-order valence-electron chi connectivity index (χ4n) is 3.71. The minimum absolute atomic E-state index is 0.106. The van der Waals surface area contributed by atoms with Crippen LogP contribution in [0.25, 0.3) is 0 Å². The zero-order chi connectivity index (χ0) is 19.5. The van der Waals surface area contributed by atoms with Gasteiger partial charge in [-0.3, -0.25) is 4.90 Å². The number of nitrogens with zero attached hydrogens (tertiary/aromatic N) is 1. The number of rotatable bonds is 11. The van der Waals surface area contributed by atoms with E-state index in [4.69, 9.17) is 0 Å². The Morgan fingerprint density at radius 3 is 1.67 bits per heavy atom. The van der Waals surface area contributed by atoms with E-state index < -0.39 is 5.60 Å². The Balaban J connectivity index is 2.57. The molecule has 0 amide bonds. The Bertz CT molecular complexity index is 618. The molecule has 1 atom stereocenters. The van der Waals surface area contributed by atoms with Crippen molar-refractivity contribution in [3.05, 3.63) is 83.9 Å². The molecule has 2 nitrogen and oxygen atoms in total. The quantitative estimate of drug-likeness (QED) is 0.511. The second-order valence-electron chi connectivity index (χ2n) is 7.21. The van der Waals surface area contributed by atoms with Crippen molar-refractivity contribution in [3.63, 3.8) is 0 Å². The molecule has 0 aliphatic heterocycles. The maximum atomic E-state index is 12.2. The molecule has 0 spiro atoms. The Labute approximate surface area is 165 Å². The van der Waals surface area contributed by atoms with Gasteiger partial charge in [-0.1, -0.05) is 99.5 Å². The second kappa shape index (κ2) is 11.1. The van der Waals surface area contributed by atoms with Crippen molar-refractivity contribution in [1.29, 1.82) is 0 Å². The molecule has 0 saturated carbocycles. The van der Waals surface area contributed by atoms with Gasteiger partial charge in [-0.25, -0.2) is 0 Å². The summed E-state index contributed by atoms with van der Waals surface area (Å²) in [6, 6.07) is 20.1. The van der Waals surface area contributed by atoms with Crippen molar-refractivity contribution < 1.29 is 5.11 Å². The van der Waals surface area contributed by atoms with Crippen LogP contribution in [0, 0.1) is 0 Å². The number of hydrogen-bond donors (Lipinski definition) is 1. The highest BCUT2D eigenvalue weighted by molar-refractivity contribution is 5.39. The van der Waals surface area contributed by atoms with Crippen molar-refractivity contribution >= 4 is 0 Å². The first-order chi connectivity index (χ1) is 13.2. The van der Waals surface area contributed by atoms with Crippen molar-refractivity contribution in [1.82, 2.24) is 4.90 Å². The summed E-state index contributed by atoms with van der Waals surface area (Å²) in [6.45, 7) is 8.48. The van der Waals surface area contributed by atoms with E-state index in [-0.39, 0.29) is 6.04 Å². The fourth-order valence-corrected chi connectivity index (χ4v) is 3.71. The van der Waals surface area contributed by atoms with E-state index in [0.717, 1.165) is 49.9 Å². The van der Waals surface area contributed by atoms with Gasteiger partial charge in [0.2, 0.25) is 0 Å². The van der Waals surface area contributed by atoms with Gasteiger partial charge in [0.25, 0.3) is 0 Å². The molecular formula is C25H35NO. The summed E-state index contributed by atoms with van der Waals surface area (Å²) in [4.78, 5) is 2.47. The molecular weight excluding hydrogens is 330 g/mol. The van der Waals surface area contributed by atoms with E-state index in [2.05, 4.69) is 30.9 Å². The molecule has 0 heterocycles. The zero-order valence-electron chi connectivity index (χ0n) is 17.1. The van der Waals surface area contributed by atoms with E-state index in [9.17, 15) is 5.11 Å². The lowest BCUT2D eigenvalue weighted by molar-refractivity contribution is -0.00108. The fraction of sp³-hybridized carbons (Fsp3) is 0.440. The van der Waals surface area contributed by atoms with Gasteiger partial charge < -0.3 is 5.11 Å². The van der Waals surface area contributed by atoms with Gasteiger partial charge in [-0.05, 0) is 44.0 Å². The molecule has 2 heteroatoms. The molecule has 2 rings (SSSR count). The molecule has 146 valence electrons. The molecule has 0 radical (unpaired) electrons. The van der Waals surface area contributed by atoms with E-state index in [0.29, 0.717) is 0 Å². The number of hydrogen-bond acceptors (Lipinski definition) is 2. The van der Waals surface area contributed by atoms with Crippen LogP contribution < -0.4 is 0 Å². The van der Waals surface area contributed by atoms with Crippen molar-refractivity contribution in [2.75, 3.05) is 13.1 Å². The Hall–Kier alpha value is -1.90. The largest absolute Gasteiger partial charge is 0.378 e. The molecule has 1 N–H and O–H groups in total. The van der Waals surface area contributed by atoms with E-state index in [1.807, 2.05) is 67.6 Å². The first kappa shape index (κ1) is 21.4. The van der Waals surface area contributed by atoms with Gasteiger partial charge in [0.1, 0.15) is 5.60 Å². The first-order valence-electron chi connectivity index (χ1n) is 10.4. The highest BCUT2D eigenvalue weighted by Gasteiger charge is 2.41. The first-order valence-corrected chi connectivity index (χ1v) is 10.4. The molecule has 2 aromatic rings. The standard InChI is InChI=1S/C25H35NO/c1-4-7-20-26(21-8-5-2)24(15-6-3)25(27,22-16-11-9-12-17-22)23-18-13-10-14-19-23/h6,9-19,24,27H,4-5,7-8,20-21H2,1-3H3/b15-6-. The van der Waals surface area contributed by atoms with Gasteiger partial charge in [-0.15, -0.1) is 0 Å². The Morgan fingerprint density at radius 1 is 0.852 bits per heavy atom. The molecule has 0 fully saturated rings. The summed E-state index contributed by atoms with van der Waals surface area (Å²) in [5, 5.41) is 12.2. The monoisotopic (exact) mass is 365 g/mol. The molecule has 0 aliphatic carbocycles. The third kappa shape index (κ3) is 5.31. The summed E-state index contributed by atoms with van der Waals surface area (Å²) in [5.41, 5.74) is 0.797. The van der Waals surface area contributed by atoms with E-state index >= 15 is 0 Å². The highest BCUT2D eigenvalue weighted by atomic mass is 16.3. The topological polar surface area (TPSA) is 23.5 Å². The van der Waals surface area contributed by atoms with Crippen LogP contribution in [-0.4, -0.2) is 29.1 Å². The Kier molecular flexibility index (Phi) is 8.77. The lowest BCUT2D eigenvalue weighted by atomic mass is 9.79. The van der Waals surface area contributed by atoms with Crippen molar-refractivity contribution in [2.45, 2.75) is 58.1 Å². The van der Waals surface area contributed by atoms with Crippen LogP contribution in [0.5, 0.6) is 0 Å². The number of allylic oxidation sites excluding steroid dienone is 1. The average molecular weight is 366 g/mol. The number of unbranched alkanes of at least 4 members (excludes halogenated alkanes) is 2. The third-order valence-corrected chi connectivity index (χ3v) is 5.22. The molecule has 0 aliphatic rings. The lowest BCUT2D eigenvalue weighted by Gasteiger charge is -2.42. The van der Waals surface area contributed by atoms with Crippen LogP contribution in [-0.2, 0) is 5.60 Å². The molecule has 1 unspecified atom stereocenters. The maximum absolute atomic E-state index is 12.2. The number of aliphatic hydroxyl groups is 1. The van der Waals surface area contributed by atoms with Gasteiger partial charge >= 0.3 is 0 Å². The molecule has 0 saturated heterocycles. The predicted octanol–water partition coefficient (Wildman–Crippen LogP) is 5.77. The van der Waals surface area contributed by atoms with Gasteiger partial charge in [0.05, 0.1) is 6.04 Å². The minimum atomic E-state index is -1.09. The molecule has 27 heavy (non-hydrogen) atoms. The zero-order valence-corrected chi connectivity index (χ0v) is 17.1. The SMILES string of the molecule is C/C=C\C(N(CCCC)CCCC)C(O)(c1ccccc1)c1ccccc1. The van der Waals surface area contributed by atoms with Gasteiger partial charge in [0.15, 0.2) is 0 Å². The average Bonchev–Trinajstić information content (AvgIpc) is 2.73. The van der Waals surface area contributed by atoms with E-state index in [1.54, 1.807) is 0 Å². The van der Waals surface area contributed by atoms with Crippen molar-refractivity contribution in [2.24, 2.45) is 0 Å². The molecule has 0 aromatic heterocycles. The second-order valence-corrected chi connectivity index (χ2v) is 7.21. The summed E-state index contributed by atoms with van der Waals surface area (Å²) in [7, 11) is 0. The molecule has 0 bridgehead atoms. The maximum Gasteiger partial charge on any atom is 0.134 e. The summed E-state index contributed by atoms with van der Waals surface area (Å²) in [6.07, 6.45) is 8.83. The summed E-state index contributed by atoms with van der Waals surface area (Å²) < 4.78 is 0. The third-order valence-electron chi connectivity index (χ3n) is 5.22. The highest BCUT2D eigenvalue weighted by Crippen LogP contribution is 2.36. The smallest absolute Gasteiger partial charge is 0.134 e. The molecule has 2 aromatic carbocycles. The van der Waals surface area contributed by atoms with Gasteiger partial charge in [0, 0.05) is 0 Å². The lowest BCUT2D eigenvalue weighted by Crippen LogP contribution is -2.51. The predicted molar refractivity (Wildman–Crippen MR) is 116 cm³/mol. The van der Waals surface area contributed by atoms with Crippen LogP contribution in [0.2, 0.25) is 0 Å². The van der Waals surface area contributed by atoms with Crippen molar-refractivity contribution in [3.8, 4) is 0 Å². The van der Waals surface area contributed by atoms with Crippen LogP contribution in [0.15, 0.2) is 72.8 Å². The van der Waals surface area contributed by atoms with Crippen LogP contribution in [0.1, 0.15) is 57.6 Å². The van der Waals surface area contributed by atoms with Crippen LogP contribution in [0.4, 0.5) is 0 Å². The summed E-state index contributed by atoms with van der Waals surface area (Å²) in [5.74, 6) is 0. The van der Waals surface area contributed by atoms with Crippen LogP contribution >= 0.6 is 0 Å². The van der Waals surface area contributed by atoms with Crippen LogP contribution in [0.3, 0.4) is 0 Å². The summed E-state index contributed by atoms with van der Waals surface area (Å²) >= 11 is 0. The number of benzene rings is 2. The normalized spacial score (nSPS) is 13.4. The Morgan fingerprint density at radius 2 is 1.30 bits per heavy atom. The van der Waals surface area contributed by atoms with E-state index in [1.165, 1.54) is 0 Å².